The normalized spacial score (nSPS) is 24.5. The van der Waals surface area contributed by atoms with Gasteiger partial charge in [0.2, 0.25) is 0 Å². The number of benzene rings is 1. The number of carbonyl (C=O) groups excluding carboxylic acids is 2. The molecule has 2 unspecified atom stereocenters. The summed E-state index contributed by atoms with van der Waals surface area (Å²) in [7, 11) is 1.51. The molecule has 3 heterocycles. The minimum Gasteiger partial charge on any atom is -0.493 e. The summed E-state index contributed by atoms with van der Waals surface area (Å²) >= 11 is 0. The van der Waals surface area contributed by atoms with Crippen LogP contribution in [0.25, 0.3) is 0 Å². The Bertz CT molecular complexity index is 1380. The standard InChI is InChI=1S/C37H54N2O10/c1-24-16-17-28(40)33-29(47-37(6,7)48-33)14-11-13-26-21-27(22-30(45-23-43-8)32(26)34(41)46-25(24)2)44-20-12-19-39(31-15-9-10-18-38-31)35(42)49-36(3,4)5/h9-10,15,18,21-22,24-25,28-29,33,40H,11-14,16-17,19-20,23H2,1-8H3/t24-,25?,28?,29+,33-/m1/s1. The van der Waals surface area contributed by atoms with Gasteiger partial charge in [-0.25, -0.2) is 14.6 Å². The maximum Gasteiger partial charge on any atom is 0.416 e. The van der Waals surface area contributed by atoms with E-state index < -0.39 is 41.8 Å². The molecule has 2 aliphatic rings. The van der Waals surface area contributed by atoms with Crippen LogP contribution in [0.3, 0.4) is 0 Å². The molecule has 1 N–H and O–H groups in total. The Labute approximate surface area is 290 Å². The molecular weight excluding hydrogens is 632 g/mol. The number of fused-ring (bicyclic) bond motifs is 2. The average Bonchev–Trinajstić information content (AvgIpc) is 3.35. The van der Waals surface area contributed by atoms with Gasteiger partial charge >= 0.3 is 12.1 Å². The van der Waals surface area contributed by atoms with E-state index in [1.165, 1.54) is 12.0 Å². The Morgan fingerprint density at radius 3 is 2.57 bits per heavy atom. The second kappa shape index (κ2) is 17.0. The summed E-state index contributed by atoms with van der Waals surface area (Å²) in [4.78, 5) is 32.6. The van der Waals surface area contributed by atoms with E-state index in [0.29, 0.717) is 73.5 Å². The first-order chi connectivity index (χ1) is 23.2. The van der Waals surface area contributed by atoms with Gasteiger partial charge in [-0.15, -0.1) is 0 Å². The molecule has 0 bridgehead atoms. The summed E-state index contributed by atoms with van der Waals surface area (Å²) in [6, 6.07) is 8.86. The Hall–Kier alpha value is -3.45. The zero-order chi connectivity index (χ0) is 35.8. The number of rotatable bonds is 9. The summed E-state index contributed by atoms with van der Waals surface area (Å²) in [6.45, 7) is 13.5. The lowest BCUT2D eigenvalue weighted by atomic mass is 9.92. The van der Waals surface area contributed by atoms with E-state index in [0.717, 1.165) is 0 Å². The van der Waals surface area contributed by atoms with Crippen molar-refractivity contribution in [2.24, 2.45) is 5.92 Å². The molecular formula is C37H54N2O10. The van der Waals surface area contributed by atoms with Gasteiger partial charge in [0.15, 0.2) is 12.6 Å². The molecule has 2 aromatic rings. The third-order valence-electron chi connectivity index (χ3n) is 8.58. The lowest BCUT2D eigenvalue weighted by molar-refractivity contribution is -0.156. The lowest BCUT2D eigenvalue weighted by Gasteiger charge is -2.27. The molecule has 1 fully saturated rings. The fourth-order valence-corrected chi connectivity index (χ4v) is 6.02. The van der Waals surface area contributed by atoms with Crippen LogP contribution in [-0.4, -0.2) is 85.0 Å². The number of anilines is 1. The van der Waals surface area contributed by atoms with Crippen molar-refractivity contribution in [3.05, 3.63) is 47.7 Å². The number of hydrogen-bond donors (Lipinski definition) is 1. The van der Waals surface area contributed by atoms with Crippen LogP contribution in [0.1, 0.15) is 96.5 Å². The second-order valence-electron chi connectivity index (χ2n) is 14.3. The van der Waals surface area contributed by atoms with Crippen LogP contribution in [0, 0.1) is 5.92 Å². The highest BCUT2D eigenvalue weighted by Gasteiger charge is 2.44. The average molecular weight is 687 g/mol. The van der Waals surface area contributed by atoms with Crippen molar-refractivity contribution in [3.8, 4) is 11.5 Å². The predicted octanol–water partition coefficient (Wildman–Crippen LogP) is 6.45. The number of ether oxygens (including phenoxy) is 7. The number of cyclic esters (lactones) is 1. The summed E-state index contributed by atoms with van der Waals surface area (Å²) in [6.07, 6.45) is 2.61. The molecule has 1 amide bonds. The monoisotopic (exact) mass is 686 g/mol. The van der Waals surface area contributed by atoms with Crippen molar-refractivity contribution in [2.75, 3.05) is 32.0 Å². The Kier molecular flexibility index (Phi) is 13.3. The first-order valence-electron chi connectivity index (χ1n) is 17.2. The Balaban J connectivity index is 1.57. The molecule has 4 rings (SSSR count). The minimum atomic E-state index is -0.808. The molecule has 0 radical (unpaired) electrons. The fourth-order valence-electron chi connectivity index (χ4n) is 6.02. The molecule has 49 heavy (non-hydrogen) atoms. The smallest absolute Gasteiger partial charge is 0.416 e. The van der Waals surface area contributed by atoms with Gasteiger partial charge in [-0.1, -0.05) is 13.0 Å². The molecule has 5 atom stereocenters. The van der Waals surface area contributed by atoms with Gasteiger partial charge in [0.05, 0.1) is 18.8 Å². The number of hydrogen-bond acceptors (Lipinski definition) is 11. The van der Waals surface area contributed by atoms with Crippen molar-refractivity contribution in [1.82, 2.24) is 4.98 Å². The largest absolute Gasteiger partial charge is 0.493 e. The summed E-state index contributed by atoms with van der Waals surface area (Å²) in [5, 5.41) is 11.1. The summed E-state index contributed by atoms with van der Waals surface area (Å²) in [5.41, 5.74) is 0.357. The van der Waals surface area contributed by atoms with E-state index in [2.05, 4.69) is 4.98 Å². The van der Waals surface area contributed by atoms with Crippen molar-refractivity contribution < 1.29 is 47.9 Å². The molecule has 1 aromatic heterocycles. The zero-order valence-electron chi connectivity index (χ0n) is 30.2. The van der Waals surface area contributed by atoms with E-state index in [9.17, 15) is 14.7 Å². The van der Waals surface area contributed by atoms with Crippen LogP contribution >= 0.6 is 0 Å². The topological polar surface area (TPSA) is 135 Å². The first kappa shape index (κ1) is 38.4. The lowest BCUT2D eigenvalue weighted by Crippen LogP contribution is -2.38. The van der Waals surface area contributed by atoms with Gasteiger partial charge in [-0.3, -0.25) is 4.90 Å². The minimum absolute atomic E-state index is 0.0175. The van der Waals surface area contributed by atoms with Gasteiger partial charge in [0.25, 0.3) is 0 Å². The molecule has 2 aliphatic heterocycles. The molecule has 0 saturated carbocycles. The number of nitrogens with zero attached hydrogens (tertiary/aromatic N) is 2. The highest BCUT2D eigenvalue weighted by atomic mass is 16.8. The fraction of sp³-hybridized carbons (Fsp3) is 0.649. The van der Waals surface area contributed by atoms with Crippen LogP contribution in [0.5, 0.6) is 11.5 Å². The van der Waals surface area contributed by atoms with Crippen molar-refractivity contribution in [2.45, 2.75) is 123 Å². The van der Waals surface area contributed by atoms with E-state index >= 15 is 0 Å². The number of pyridine rings is 1. The molecule has 0 aliphatic carbocycles. The van der Waals surface area contributed by atoms with Gasteiger partial charge in [0.1, 0.15) is 40.7 Å². The third-order valence-corrected chi connectivity index (χ3v) is 8.58. The quantitative estimate of drug-likeness (QED) is 0.177. The molecule has 1 saturated heterocycles. The summed E-state index contributed by atoms with van der Waals surface area (Å²) < 4.78 is 41.3. The van der Waals surface area contributed by atoms with Gasteiger partial charge in [-0.2, -0.15) is 0 Å². The number of carbonyl (C=O) groups is 2. The molecule has 12 nitrogen and oxygen atoms in total. The van der Waals surface area contributed by atoms with Crippen LogP contribution in [0.2, 0.25) is 0 Å². The van der Waals surface area contributed by atoms with Crippen LogP contribution < -0.4 is 14.4 Å². The second-order valence-corrected chi connectivity index (χ2v) is 14.3. The number of aliphatic hydroxyl groups is 1. The van der Waals surface area contributed by atoms with E-state index in [1.807, 2.05) is 60.6 Å². The van der Waals surface area contributed by atoms with Crippen LogP contribution in [0.4, 0.5) is 10.6 Å². The Morgan fingerprint density at radius 1 is 1.10 bits per heavy atom. The molecule has 1 aromatic carbocycles. The van der Waals surface area contributed by atoms with E-state index in [1.54, 1.807) is 24.4 Å². The SMILES string of the molecule is COCOc1cc(OCCCN(C(=O)OC(C)(C)C)c2ccccn2)cc2c1C(=O)OC(C)[C@H](C)CCC(O)[C@H]1OC(C)(C)O[C@H]1CCC2. The van der Waals surface area contributed by atoms with Crippen molar-refractivity contribution >= 4 is 17.9 Å². The third kappa shape index (κ3) is 11.0. The summed E-state index contributed by atoms with van der Waals surface area (Å²) in [5.74, 6) is -0.0433. The number of aryl methyl sites for hydroxylation is 1. The maximum atomic E-state index is 13.8. The number of aliphatic hydroxyl groups excluding tert-OH is 1. The van der Waals surface area contributed by atoms with Gasteiger partial charge in [0, 0.05) is 25.9 Å². The van der Waals surface area contributed by atoms with Crippen molar-refractivity contribution in [3.63, 3.8) is 0 Å². The van der Waals surface area contributed by atoms with Gasteiger partial charge < -0.3 is 38.3 Å². The molecule has 272 valence electrons. The molecule has 12 heteroatoms. The van der Waals surface area contributed by atoms with Crippen LogP contribution in [-0.2, 0) is 30.1 Å². The van der Waals surface area contributed by atoms with Crippen molar-refractivity contribution in [1.29, 1.82) is 0 Å². The number of esters is 1. The van der Waals surface area contributed by atoms with E-state index in [-0.39, 0.29) is 25.4 Å². The number of amides is 1. The van der Waals surface area contributed by atoms with Gasteiger partial charge in [-0.05, 0) is 110 Å². The highest BCUT2D eigenvalue weighted by molar-refractivity contribution is 5.94. The molecule has 0 spiro atoms. The highest BCUT2D eigenvalue weighted by Crippen LogP contribution is 2.36. The zero-order valence-corrected chi connectivity index (χ0v) is 30.2. The number of methoxy groups -OCH3 is 1. The Morgan fingerprint density at radius 2 is 1.88 bits per heavy atom. The maximum absolute atomic E-state index is 13.8. The van der Waals surface area contributed by atoms with Crippen LogP contribution in [0.15, 0.2) is 36.5 Å². The predicted molar refractivity (Wildman–Crippen MR) is 183 cm³/mol. The first-order valence-corrected chi connectivity index (χ1v) is 17.2. The van der Waals surface area contributed by atoms with E-state index in [4.69, 9.17) is 33.2 Å². The number of aromatic nitrogens is 1.